The van der Waals surface area contributed by atoms with E-state index < -0.39 is 11.9 Å². The zero-order chi connectivity index (χ0) is 22.8. The zero-order valence-corrected chi connectivity index (χ0v) is 19.0. The van der Waals surface area contributed by atoms with Gasteiger partial charge >= 0.3 is 6.18 Å². The molecule has 0 spiro atoms. The highest BCUT2D eigenvalue weighted by molar-refractivity contribution is 9.10. The van der Waals surface area contributed by atoms with E-state index in [9.17, 15) is 23.1 Å². The van der Waals surface area contributed by atoms with Crippen LogP contribution in [0.1, 0.15) is 42.1 Å². The van der Waals surface area contributed by atoms with Crippen molar-refractivity contribution in [3.05, 3.63) is 51.1 Å². The molecule has 0 saturated carbocycles. The van der Waals surface area contributed by atoms with E-state index in [-0.39, 0.29) is 30.4 Å². The summed E-state index contributed by atoms with van der Waals surface area (Å²) in [5.41, 5.74) is 0.987. The number of hydrogen-bond donors (Lipinski definition) is 2. The van der Waals surface area contributed by atoms with E-state index in [0.29, 0.717) is 34.6 Å². The number of benzene rings is 1. The summed E-state index contributed by atoms with van der Waals surface area (Å²) in [5, 5.41) is 12.6. The molecule has 1 aromatic carbocycles. The quantitative estimate of drug-likeness (QED) is 0.609. The molecule has 31 heavy (non-hydrogen) atoms. The van der Waals surface area contributed by atoms with E-state index in [2.05, 4.69) is 33.2 Å². The smallest absolute Gasteiger partial charge is 0.433 e. The van der Waals surface area contributed by atoms with E-state index in [1.54, 1.807) is 19.1 Å². The number of nitrogens with zero attached hydrogens (tertiary/aromatic N) is 2. The number of rotatable bonds is 5. The predicted octanol–water partition coefficient (Wildman–Crippen LogP) is 4.97. The molecule has 1 fully saturated rings. The average molecular weight is 500 g/mol. The monoisotopic (exact) mass is 499 g/mol. The lowest BCUT2D eigenvalue weighted by molar-refractivity contribution is -0.141. The molecule has 3 rings (SSSR count). The Labute approximate surface area is 187 Å². The summed E-state index contributed by atoms with van der Waals surface area (Å²) in [5.74, 6) is 0.666. The molecule has 5 nitrogen and oxygen atoms in total. The van der Waals surface area contributed by atoms with Gasteiger partial charge in [0.25, 0.3) is 0 Å². The third kappa shape index (κ3) is 5.90. The topological polar surface area (TPSA) is 65.5 Å². The highest BCUT2D eigenvalue weighted by atomic mass is 79.9. The fourth-order valence-electron chi connectivity index (χ4n) is 3.62. The number of aromatic nitrogens is 1. The molecule has 0 unspecified atom stereocenters. The van der Waals surface area contributed by atoms with Gasteiger partial charge in [0.2, 0.25) is 5.91 Å². The Morgan fingerprint density at radius 2 is 1.97 bits per heavy atom. The number of carbonyl (C=O) groups excluding carboxylic acids is 1. The standard InChI is InChI=1S/C22H25BrF3N3O2/c1-13-5-7-29(8-6-13)21-16(3-4-18(28-21)22(24,25)26)12-27-19(30)11-15-9-14(2)20(31)17(23)10-15/h3-4,9-10,13,31H,5-8,11-12H2,1-2H3,(H,27,30). The van der Waals surface area contributed by atoms with Gasteiger partial charge in [-0.3, -0.25) is 4.79 Å². The maximum Gasteiger partial charge on any atom is 0.433 e. The lowest BCUT2D eigenvalue weighted by atomic mass is 9.99. The first-order valence-corrected chi connectivity index (χ1v) is 10.9. The molecule has 1 aromatic heterocycles. The largest absolute Gasteiger partial charge is 0.506 e. The second kappa shape index (κ2) is 9.46. The van der Waals surface area contributed by atoms with E-state index in [4.69, 9.17) is 0 Å². The Morgan fingerprint density at radius 3 is 2.58 bits per heavy atom. The molecule has 1 aliphatic rings. The molecular weight excluding hydrogens is 475 g/mol. The van der Waals surface area contributed by atoms with Gasteiger partial charge in [-0.05, 0) is 64.9 Å². The van der Waals surface area contributed by atoms with Crippen LogP contribution < -0.4 is 10.2 Å². The van der Waals surface area contributed by atoms with Crippen molar-refractivity contribution in [1.29, 1.82) is 0 Å². The minimum Gasteiger partial charge on any atom is -0.506 e. The van der Waals surface area contributed by atoms with E-state index >= 15 is 0 Å². The molecule has 1 amide bonds. The molecule has 0 aliphatic carbocycles. The van der Waals surface area contributed by atoms with Gasteiger partial charge in [-0.15, -0.1) is 0 Å². The molecule has 0 radical (unpaired) electrons. The van der Waals surface area contributed by atoms with Gasteiger partial charge in [0.15, 0.2) is 0 Å². The molecule has 2 heterocycles. The summed E-state index contributed by atoms with van der Waals surface area (Å²) < 4.78 is 40.1. The number of amides is 1. The Morgan fingerprint density at radius 1 is 1.29 bits per heavy atom. The molecule has 168 valence electrons. The van der Waals surface area contributed by atoms with Crippen LogP contribution in [0.25, 0.3) is 0 Å². The normalized spacial score (nSPS) is 15.2. The first-order valence-electron chi connectivity index (χ1n) is 10.1. The Hall–Kier alpha value is -2.29. The van der Waals surface area contributed by atoms with Crippen LogP contribution in [0.5, 0.6) is 5.75 Å². The Bertz CT molecular complexity index is 934. The minimum absolute atomic E-state index is 0.0869. The van der Waals surface area contributed by atoms with Crippen molar-refractivity contribution in [2.75, 3.05) is 18.0 Å². The third-order valence-electron chi connectivity index (χ3n) is 5.48. The summed E-state index contributed by atoms with van der Waals surface area (Å²) in [4.78, 5) is 18.2. The van der Waals surface area contributed by atoms with Crippen molar-refractivity contribution in [2.24, 2.45) is 5.92 Å². The van der Waals surface area contributed by atoms with E-state index in [1.807, 2.05) is 4.90 Å². The van der Waals surface area contributed by atoms with Gasteiger partial charge in [0.05, 0.1) is 10.9 Å². The van der Waals surface area contributed by atoms with Crippen molar-refractivity contribution in [1.82, 2.24) is 10.3 Å². The van der Waals surface area contributed by atoms with Crippen molar-refractivity contribution in [3.63, 3.8) is 0 Å². The van der Waals surface area contributed by atoms with Crippen LogP contribution in [0.3, 0.4) is 0 Å². The van der Waals surface area contributed by atoms with E-state index in [1.165, 1.54) is 6.07 Å². The second-order valence-electron chi connectivity index (χ2n) is 8.04. The van der Waals surface area contributed by atoms with Crippen molar-refractivity contribution < 1.29 is 23.1 Å². The summed E-state index contributed by atoms with van der Waals surface area (Å²) in [6.07, 6.45) is -2.66. The van der Waals surface area contributed by atoms with Crippen LogP contribution in [0.4, 0.5) is 19.0 Å². The number of aromatic hydroxyl groups is 1. The first kappa shape index (κ1) is 23.4. The fraction of sp³-hybridized carbons (Fsp3) is 0.455. The van der Waals surface area contributed by atoms with Crippen LogP contribution in [-0.4, -0.2) is 29.1 Å². The van der Waals surface area contributed by atoms with Crippen LogP contribution in [0.2, 0.25) is 0 Å². The highest BCUT2D eigenvalue weighted by Crippen LogP contribution is 2.32. The number of carbonyl (C=O) groups is 1. The van der Waals surface area contributed by atoms with Crippen molar-refractivity contribution in [2.45, 2.75) is 45.8 Å². The number of halogens is 4. The molecule has 0 atom stereocenters. The van der Waals surface area contributed by atoms with Gasteiger partial charge < -0.3 is 15.3 Å². The minimum atomic E-state index is -4.52. The van der Waals surface area contributed by atoms with Gasteiger partial charge in [0.1, 0.15) is 17.3 Å². The third-order valence-corrected chi connectivity index (χ3v) is 6.09. The summed E-state index contributed by atoms with van der Waals surface area (Å²) in [6.45, 7) is 5.22. The number of alkyl halides is 3. The molecule has 2 N–H and O–H groups in total. The van der Waals surface area contributed by atoms with E-state index in [0.717, 1.165) is 24.5 Å². The Balaban J connectivity index is 1.75. The second-order valence-corrected chi connectivity index (χ2v) is 8.90. The van der Waals surface area contributed by atoms with Crippen molar-refractivity contribution >= 4 is 27.7 Å². The molecule has 1 saturated heterocycles. The molecule has 1 aliphatic heterocycles. The summed E-state index contributed by atoms with van der Waals surface area (Å²) >= 11 is 3.26. The van der Waals surface area contributed by atoms with Crippen molar-refractivity contribution in [3.8, 4) is 5.75 Å². The number of phenolic OH excluding ortho intramolecular Hbond substituents is 1. The van der Waals surface area contributed by atoms with Crippen LogP contribution in [0.15, 0.2) is 28.7 Å². The van der Waals surface area contributed by atoms with Gasteiger partial charge in [-0.1, -0.05) is 19.1 Å². The molecule has 0 bridgehead atoms. The van der Waals surface area contributed by atoms with Gasteiger partial charge in [-0.2, -0.15) is 13.2 Å². The highest BCUT2D eigenvalue weighted by Gasteiger charge is 2.34. The number of pyridine rings is 1. The molecular formula is C22H25BrF3N3O2. The fourth-order valence-corrected chi connectivity index (χ4v) is 4.23. The number of phenols is 1. The van der Waals surface area contributed by atoms with Crippen LogP contribution >= 0.6 is 15.9 Å². The lowest BCUT2D eigenvalue weighted by Crippen LogP contribution is -2.35. The molecule has 9 heteroatoms. The summed E-state index contributed by atoms with van der Waals surface area (Å²) in [7, 11) is 0. The maximum absolute atomic E-state index is 13.2. The average Bonchev–Trinajstić information content (AvgIpc) is 2.70. The van der Waals surface area contributed by atoms with Crippen LogP contribution in [-0.2, 0) is 23.9 Å². The zero-order valence-electron chi connectivity index (χ0n) is 17.4. The maximum atomic E-state index is 13.2. The number of piperidine rings is 1. The molecule has 2 aromatic rings. The van der Waals surface area contributed by atoms with Crippen LogP contribution in [0, 0.1) is 12.8 Å². The number of aryl methyl sites for hydroxylation is 1. The number of anilines is 1. The lowest BCUT2D eigenvalue weighted by Gasteiger charge is -2.33. The first-order chi connectivity index (χ1) is 14.5. The van der Waals surface area contributed by atoms with Gasteiger partial charge in [0, 0.05) is 25.2 Å². The summed E-state index contributed by atoms with van der Waals surface area (Å²) in [6, 6.07) is 5.74. The number of nitrogens with one attached hydrogen (secondary N) is 1. The SMILES string of the molecule is Cc1cc(CC(=O)NCc2ccc(C(F)(F)F)nc2N2CCC(C)CC2)cc(Br)c1O. The van der Waals surface area contributed by atoms with Gasteiger partial charge in [-0.25, -0.2) is 4.98 Å². The Kier molecular flexibility index (Phi) is 7.13. The predicted molar refractivity (Wildman–Crippen MR) is 116 cm³/mol. The number of hydrogen-bond acceptors (Lipinski definition) is 4.